The van der Waals surface area contributed by atoms with Crippen LogP contribution in [0.2, 0.25) is 0 Å². The largest absolute Gasteiger partial charge is 0.347 e. The van der Waals surface area contributed by atoms with E-state index < -0.39 is 5.79 Å². The van der Waals surface area contributed by atoms with Gasteiger partial charge in [-0.25, -0.2) is 5.43 Å². The van der Waals surface area contributed by atoms with Gasteiger partial charge in [0.2, 0.25) is 5.91 Å². The van der Waals surface area contributed by atoms with Crippen LogP contribution in [0.3, 0.4) is 0 Å². The molecule has 1 amide bonds. The van der Waals surface area contributed by atoms with E-state index in [1.807, 2.05) is 17.0 Å². The molecule has 1 aromatic rings. The van der Waals surface area contributed by atoms with E-state index in [2.05, 4.69) is 38.9 Å². The SMILES string of the molecule is O=C(C1CNNC1c1cccc(Br)c1)N1CCC2(CC1)OCCO2. The lowest BCUT2D eigenvalue weighted by atomic mass is 9.92. The molecule has 7 heteroatoms. The molecule has 3 heterocycles. The number of halogens is 1. The maximum atomic E-state index is 13.0. The molecule has 3 saturated heterocycles. The summed E-state index contributed by atoms with van der Waals surface area (Å²) < 4.78 is 12.5. The van der Waals surface area contributed by atoms with Crippen LogP contribution in [0.25, 0.3) is 0 Å². The van der Waals surface area contributed by atoms with Gasteiger partial charge in [-0.1, -0.05) is 28.1 Å². The van der Waals surface area contributed by atoms with Crippen LogP contribution in [0, 0.1) is 5.92 Å². The number of carbonyl (C=O) groups is 1. The second kappa shape index (κ2) is 6.72. The molecule has 3 aliphatic heterocycles. The van der Waals surface area contributed by atoms with Gasteiger partial charge >= 0.3 is 0 Å². The number of carbonyl (C=O) groups excluding carboxylic acids is 1. The number of rotatable bonds is 2. The fourth-order valence-corrected chi connectivity index (χ4v) is 4.25. The molecular weight excluding hydrogens is 374 g/mol. The van der Waals surface area contributed by atoms with Gasteiger partial charge in [-0.15, -0.1) is 0 Å². The maximum absolute atomic E-state index is 13.0. The number of nitrogens with one attached hydrogen (secondary N) is 2. The van der Waals surface area contributed by atoms with Crippen molar-refractivity contribution in [3.8, 4) is 0 Å². The molecule has 0 aromatic heterocycles. The topological polar surface area (TPSA) is 62.8 Å². The Morgan fingerprint density at radius 1 is 1.25 bits per heavy atom. The Labute approximate surface area is 150 Å². The molecule has 2 unspecified atom stereocenters. The first kappa shape index (κ1) is 16.5. The van der Waals surface area contributed by atoms with Gasteiger partial charge in [0.15, 0.2) is 5.79 Å². The van der Waals surface area contributed by atoms with Crippen LogP contribution in [-0.2, 0) is 14.3 Å². The van der Waals surface area contributed by atoms with Gasteiger partial charge in [0.1, 0.15) is 0 Å². The Hall–Kier alpha value is -0.990. The minimum Gasteiger partial charge on any atom is -0.347 e. The lowest BCUT2D eigenvalue weighted by molar-refractivity contribution is -0.188. The zero-order valence-electron chi connectivity index (χ0n) is 13.5. The highest BCUT2D eigenvalue weighted by atomic mass is 79.9. The summed E-state index contributed by atoms with van der Waals surface area (Å²) in [6.45, 7) is 3.36. The van der Waals surface area contributed by atoms with Crippen molar-refractivity contribution in [3.05, 3.63) is 34.3 Å². The van der Waals surface area contributed by atoms with E-state index in [9.17, 15) is 4.79 Å². The standard InChI is InChI=1S/C17H22BrN3O3/c18-13-3-1-2-12(10-13)15-14(11-19-20-15)16(22)21-6-4-17(5-7-21)23-8-9-24-17/h1-3,10,14-15,19-20H,4-9,11H2. The number of piperidine rings is 1. The van der Waals surface area contributed by atoms with Gasteiger partial charge in [-0.3, -0.25) is 10.2 Å². The average molecular weight is 396 g/mol. The third-order valence-electron chi connectivity index (χ3n) is 5.16. The van der Waals surface area contributed by atoms with Crippen LogP contribution in [0.5, 0.6) is 0 Å². The summed E-state index contributed by atoms with van der Waals surface area (Å²) in [6, 6.07) is 8.11. The smallest absolute Gasteiger partial charge is 0.229 e. The van der Waals surface area contributed by atoms with Crippen molar-refractivity contribution in [1.82, 2.24) is 15.8 Å². The Morgan fingerprint density at radius 2 is 2.00 bits per heavy atom. The Kier molecular flexibility index (Phi) is 4.62. The monoisotopic (exact) mass is 395 g/mol. The summed E-state index contributed by atoms with van der Waals surface area (Å²) in [6.07, 6.45) is 1.52. The highest BCUT2D eigenvalue weighted by Gasteiger charge is 2.43. The van der Waals surface area contributed by atoms with Gasteiger partial charge in [-0.2, -0.15) is 0 Å². The number of nitrogens with zero attached hydrogens (tertiary/aromatic N) is 1. The maximum Gasteiger partial charge on any atom is 0.229 e. The Balaban J connectivity index is 1.44. The van der Waals surface area contributed by atoms with Crippen molar-refractivity contribution < 1.29 is 14.3 Å². The molecule has 0 radical (unpaired) electrons. The molecule has 3 fully saturated rings. The number of benzene rings is 1. The summed E-state index contributed by atoms with van der Waals surface area (Å²) in [5.74, 6) is -0.337. The summed E-state index contributed by atoms with van der Waals surface area (Å²) in [5, 5.41) is 0. The first-order valence-corrected chi connectivity index (χ1v) is 9.27. The van der Waals surface area contributed by atoms with E-state index in [0.29, 0.717) is 32.8 Å². The summed E-state index contributed by atoms with van der Waals surface area (Å²) in [7, 11) is 0. The first-order valence-electron chi connectivity index (χ1n) is 8.47. The molecule has 0 aliphatic carbocycles. The molecule has 0 saturated carbocycles. The van der Waals surface area contributed by atoms with Gasteiger partial charge in [0.25, 0.3) is 0 Å². The molecule has 2 N–H and O–H groups in total. The van der Waals surface area contributed by atoms with E-state index >= 15 is 0 Å². The fourth-order valence-electron chi connectivity index (χ4n) is 3.83. The number of amides is 1. The second-order valence-electron chi connectivity index (χ2n) is 6.60. The van der Waals surface area contributed by atoms with Crippen LogP contribution in [-0.4, -0.2) is 49.4 Å². The van der Waals surface area contributed by atoms with Crippen molar-refractivity contribution >= 4 is 21.8 Å². The molecule has 1 aromatic carbocycles. The van der Waals surface area contributed by atoms with Crippen LogP contribution in [0.4, 0.5) is 0 Å². The Morgan fingerprint density at radius 3 is 2.71 bits per heavy atom. The second-order valence-corrected chi connectivity index (χ2v) is 7.51. The predicted octanol–water partition coefficient (Wildman–Crippen LogP) is 1.58. The van der Waals surface area contributed by atoms with Crippen molar-refractivity contribution in [2.24, 2.45) is 5.92 Å². The quantitative estimate of drug-likeness (QED) is 0.795. The van der Waals surface area contributed by atoms with Crippen molar-refractivity contribution in [2.75, 3.05) is 32.8 Å². The predicted molar refractivity (Wildman–Crippen MR) is 92.0 cm³/mol. The molecule has 2 atom stereocenters. The van der Waals surface area contributed by atoms with Crippen molar-refractivity contribution in [2.45, 2.75) is 24.7 Å². The summed E-state index contributed by atoms with van der Waals surface area (Å²) in [4.78, 5) is 15.0. The Bertz CT molecular complexity index is 611. The molecular formula is C17H22BrN3O3. The number of ether oxygens (including phenoxy) is 2. The van der Waals surface area contributed by atoms with Gasteiger partial charge in [0.05, 0.1) is 25.2 Å². The third-order valence-corrected chi connectivity index (χ3v) is 5.65. The number of likely N-dealkylation sites (tertiary alicyclic amines) is 1. The number of hydrogen-bond acceptors (Lipinski definition) is 5. The molecule has 0 bridgehead atoms. The van der Waals surface area contributed by atoms with Crippen LogP contribution in [0.15, 0.2) is 28.7 Å². The minimum absolute atomic E-state index is 0.00938. The molecule has 1 spiro atoms. The minimum atomic E-state index is -0.438. The summed E-state index contributed by atoms with van der Waals surface area (Å²) >= 11 is 3.51. The first-order chi connectivity index (χ1) is 11.7. The molecule has 4 rings (SSSR count). The van der Waals surface area contributed by atoms with Gasteiger partial charge < -0.3 is 14.4 Å². The van der Waals surface area contributed by atoms with E-state index in [4.69, 9.17) is 9.47 Å². The van der Waals surface area contributed by atoms with Crippen molar-refractivity contribution in [1.29, 1.82) is 0 Å². The van der Waals surface area contributed by atoms with E-state index in [0.717, 1.165) is 22.9 Å². The average Bonchev–Trinajstić information content (AvgIpc) is 3.25. The zero-order chi connectivity index (χ0) is 16.6. The van der Waals surface area contributed by atoms with E-state index in [1.54, 1.807) is 0 Å². The van der Waals surface area contributed by atoms with Crippen molar-refractivity contribution in [3.63, 3.8) is 0 Å². The summed E-state index contributed by atoms with van der Waals surface area (Å²) in [5.41, 5.74) is 7.51. The third kappa shape index (κ3) is 3.11. The van der Waals surface area contributed by atoms with Crippen LogP contribution in [0.1, 0.15) is 24.4 Å². The molecule has 6 nitrogen and oxygen atoms in total. The number of hydrogen-bond donors (Lipinski definition) is 2. The number of hydrazine groups is 1. The van der Waals surface area contributed by atoms with Gasteiger partial charge in [0, 0.05) is 36.9 Å². The highest BCUT2D eigenvalue weighted by Crippen LogP contribution is 2.34. The van der Waals surface area contributed by atoms with E-state index in [1.165, 1.54) is 0 Å². The van der Waals surface area contributed by atoms with Crippen LogP contribution < -0.4 is 10.9 Å². The normalized spacial score (nSPS) is 29.3. The molecule has 3 aliphatic rings. The molecule has 24 heavy (non-hydrogen) atoms. The highest BCUT2D eigenvalue weighted by molar-refractivity contribution is 9.10. The van der Waals surface area contributed by atoms with Gasteiger partial charge in [-0.05, 0) is 17.7 Å². The lowest BCUT2D eigenvalue weighted by Gasteiger charge is -2.38. The zero-order valence-corrected chi connectivity index (χ0v) is 15.0. The molecule has 130 valence electrons. The lowest BCUT2D eigenvalue weighted by Crippen LogP contribution is -2.49. The fraction of sp³-hybridized carbons (Fsp3) is 0.588. The van der Waals surface area contributed by atoms with Crippen LogP contribution >= 0.6 is 15.9 Å². The van der Waals surface area contributed by atoms with E-state index in [-0.39, 0.29) is 17.9 Å².